The standard InChI is InChI=1S/C34H37F2N4O7PS/c1-18-11-19(16-30(38-18)47-2)25-14-21(12-22(25)17-37)31(41)27-9-8-24-5-3-4-6-26(33(43)40(24)27)39-32(42)29-15-20-13-23(7-10-28(20)49-29)34(35,36)48(44,45)46/h7,10-11,13,15-16,21-22,24-27H,3-6,8-9,12,14H2,1-2H3,(H,39,42)(H2,44,45,46)/t21?,22-,24-,25-,26-,27-/m0/s1. The number of amides is 2. The highest BCUT2D eigenvalue weighted by atomic mass is 32.1. The molecular weight excluding hydrogens is 677 g/mol. The number of pyridine rings is 1. The molecule has 15 heteroatoms. The normalized spacial score (nSPS) is 26.1. The van der Waals surface area contributed by atoms with Gasteiger partial charge < -0.3 is 24.7 Å². The highest BCUT2D eigenvalue weighted by molar-refractivity contribution is 7.52. The smallest absolute Gasteiger partial charge is 0.399 e. The van der Waals surface area contributed by atoms with Gasteiger partial charge in [-0.1, -0.05) is 18.9 Å². The summed E-state index contributed by atoms with van der Waals surface area (Å²) in [7, 11) is -4.24. The molecule has 2 amide bonds. The Bertz CT molecular complexity index is 1890. The number of carbonyl (C=O) groups is 3. The minimum Gasteiger partial charge on any atom is -0.481 e. The lowest BCUT2D eigenvalue weighted by Gasteiger charge is -2.36. The number of benzene rings is 1. The van der Waals surface area contributed by atoms with Gasteiger partial charge in [0.2, 0.25) is 11.8 Å². The summed E-state index contributed by atoms with van der Waals surface area (Å²) >= 11 is 1.01. The third-order valence-corrected chi connectivity index (χ3v) is 12.2. The van der Waals surface area contributed by atoms with Gasteiger partial charge >= 0.3 is 13.3 Å². The van der Waals surface area contributed by atoms with Crippen LogP contribution in [0.4, 0.5) is 8.78 Å². The van der Waals surface area contributed by atoms with Gasteiger partial charge in [-0.3, -0.25) is 18.9 Å². The van der Waals surface area contributed by atoms with E-state index in [1.165, 1.54) is 19.2 Å². The molecule has 6 rings (SSSR count). The van der Waals surface area contributed by atoms with E-state index >= 15 is 0 Å². The molecule has 2 aliphatic heterocycles. The predicted octanol–water partition coefficient (Wildman–Crippen LogP) is 5.78. The van der Waals surface area contributed by atoms with Gasteiger partial charge in [-0.15, -0.1) is 11.3 Å². The Kier molecular flexibility index (Phi) is 9.67. The molecule has 1 aliphatic carbocycles. The average molecular weight is 715 g/mol. The molecular formula is C34H37F2N4O7PS. The van der Waals surface area contributed by atoms with Crippen LogP contribution in [0.3, 0.4) is 0 Å². The molecule has 3 N–H and O–H groups in total. The Morgan fingerprint density at radius 2 is 1.88 bits per heavy atom. The average Bonchev–Trinajstić information content (AvgIpc) is 3.80. The first-order valence-corrected chi connectivity index (χ1v) is 18.7. The summed E-state index contributed by atoms with van der Waals surface area (Å²) in [5.41, 5.74) is -3.61. The summed E-state index contributed by atoms with van der Waals surface area (Å²) in [5, 5.41) is 13.0. The van der Waals surface area contributed by atoms with E-state index in [-0.39, 0.29) is 39.8 Å². The van der Waals surface area contributed by atoms with Crippen molar-refractivity contribution in [2.24, 2.45) is 11.8 Å². The topological polar surface area (TPSA) is 170 Å². The highest BCUT2D eigenvalue weighted by Gasteiger charge is 2.51. The maximum Gasteiger partial charge on any atom is 0.399 e. The molecule has 1 unspecified atom stereocenters. The number of fused-ring (bicyclic) bond motifs is 2. The number of halogens is 2. The van der Waals surface area contributed by atoms with Crippen LogP contribution in [0.1, 0.15) is 83.8 Å². The number of alkyl halides is 2. The van der Waals surface area contributed by atoms with E-state index in [2.05, 4.69) is 16.4 Å². The van der Waals surface area contributed by atoms with E-state index in [4.69, 9.17) is 14.5 Å². The van der Waals surface area contributed by atoms with Gasteiger partial charge in [-0.25, -0.2) is 4.98 Å². The van der Waals surface area contributed by atoms with E-state index in [0.29, 0.717) is 49.1 Å². The van der Waals surface area contributed by atoms with Crippen LogP contribution in [0.2, 0.25) is 0 Å². The number of hydrogen-bond acceptors (Lipinski definition) is 8. The third-order valence-electron chi connectivity index (χ3n) is 10.1. The van der Waals surface area contributed by atoms with Crippen molar-refractivity contribution in [1.29, 1.82) is 5.26 Å². The number of thiophene rings is 1. The van der Waals surface area contributed by atoms with Crippen molar-refractivity contribution >= 4 is 46.6 Å². The molecule has 1 saturated carbocycles. The fraction of sp³-hybridized carbons (Fsp3) is 0.500. The molecule has 0 bridgehead atoms. The molecule has 1 aromatic carbocycles. The quantitative estimate of drug-likeness (QED) is 0.245. The summed E-state index contributed by atoms with van der Waals surface area (Å²) < 4.78 is 45.8. The second-order valence-electron chi connectivity index (χ2n) is 13.2. The molecule has 6 atom stereocenters. The van der Waals surface area contributed by atoms with Gasteiger partial charge in [-0.2, -0.15) is 14.0 Å². The van der Waals surface area contributed by atoms with Crippen LogP contribution >= 0.6 is 18.9 Å². The lowest BCUT2D eigenvalue weighted by Crippen LogP contribution is -2.55. The lowest BCUT2D eigenvalue weighted by atomic mass is 9.89. The van der Waals surface area contributed by atoms with Crippen molar-refractivity contribution in [3.63, 3.8) is 0 Å². The number of ketones is 1. The van der Waals surface area contributed by atoms with Crippen LogP contribution < -0.4 is 10.1 Å². The fourth-order valence-corrected chi connectivity index (χ4v) is 9.14. The second-order valence-corrected chi connectivity index (χ2v) is 16.0. The maximum absolute atomic E-state index is 14.3. The number of methoxy groups -OCH3 is 1. The number of carbonyl (C=O) groups excluding carboxylic acids is 3. The zero-order valence-corrected chi connectivity index (χ0v) is 28.7. The van der Waals surface area contributed by atoms with Crippen LogP contribution in [-0.4, -0.2) is 62.5 Å². The molecule has 0 radical (unpaired) electrons. The van der Waals surface area contributed by atoms with E-state index in [1.807, 2.05) is 19.1 Å². The fourth-order valence-electron chi connectivity index (χ4n) is 7.72. The molecule has 3 aromatic rings. The third kappa shape index (κ3) is 6.74. The van der Waals surface area contributed by atoms with Gasteiger partial charge in [0.25, 0.3) is 5.91 Å². The van der Waals surface area contributed by atoms with Crippen LogP contribution in [-0.2, 0) is 19.8 Å². The summed E-state index contributed by atoms with van der Waals surface area (Å²) in [4.78, 5) is 66.1. The van der Waals surface area contributed by atoms with Crippen molar-refractivity contribution < 1.29 is 42.3 Å². The molecule has 3 aliphatic rings. The predicted molar refractivity (Wildman–Crippen MR) is 176 cm³/mol. The zero-order chi connectivity index (χ0) is 35.2. The van der Waals surface area contributed by atoms with Gasteiger partial charge in [0.05, 0.1) is 30.0 Å². The number of Topliss-reactive ketones (excluding diaryl/α,β-unsaturated/α-hetero) is 1. The molecule has 49 heavy (non-hydrogen) atoms. The van der Waals surface area contributed by atoms with Gasteiger partial charge in [0, 0.05) is 39.9 Å². The van der Waals surface area contributed by atoms with Crippen LogP contribution in [0, 0.1) is 30.1 Å². The van der Waals surface area contributed by atoms with E-state index in [1.54, 1.807) is 4.90 Å². The number of nitrogens with zero attached hydrogens (tertiary/aromatic N) is 3. The lowest BCUT2D eigenvalue weighted by molar-refractivity contribution is -0.143. The van der Waals surface area contributed by atoms with E-state index in [9.17, 15) is 33.0 Å². The van der Waals surface area contributed by atoms with Gasteiger partial charge in [-0.05, 0) is 80.7 Å². The van der Waals surface area contributed by atoms with Gasteiger partial charge in [0.15, 0.2) is 5.78 Å². The summed E-state index contributed by atoms with van der Waals surface area (Å²) in [6.45, 7) is 1.85. The van der Waals surface area contributed by atoms with Crippen molar-refractivity contribution in [3.05, 3.63) is 58.1 Å². The number of aryl methyl sites for hydroxylation is 1. The minimum atomic E-state index is -5.77. The highest BCUT2D eigenvalue weighted by Crippen LogP contribution is 2.59. The minimum absolute atomic E-state index is 0.0607. The molecule has 2 aromatic heterocycles. The number of aromatic nitrogens is 1. The van der Waals surface area contributed by atoms with Crippen molar-refractivity contribution in [2.45, 2.75) is 88.0 Å². The zero-order valence-electron chi connectivity index (χ0n) is 27.0. The van der Waals surface area contributed by atoms with Crippen molar-refractivity contribution in [2.75, 3.05) is 7.11 Å². The Morgan fingerprint density at radius 1 is 1.12 bits per heavy atom. The van der Waals surface area contributed by atoms with Gasteiger partial charge in [0.1, 0.15) is 6.04 Å². The molecule has 0 spiro atoms. The monoisotopic (exact) mass is 714 g/mol. The van der Waals surface area contributed by atoms with E-state index in [0.717, 1.165) is 47.6 Å². The first kappa shape index (κ1) is 35.1. The number of rotatable bonds is 8. The van der Waals surface area contributed by atoms with Crippen LogP contribution in [0.15, 0.2) is 36.4 Å². The Labute approximate surface area is 285 Å². The van der Waals surface area contributed by atoms with Crippen LogP contribution in [0.5, 0.6) is 5.88 Å². The Morgan fingerprint density at radius 3 is 2.59 bits per heavy atom. The molecule has 3 fully saturated rings. The SMILES string of the molecule is COc1cc([C@@H]2CC(C(=O)[C@@H]3CC[C@@H]4CCCC[C@H](NC(=O)c5cc6cc(C(F)(F)P(=O)(O)O)ccc6s5)C(=O)N43)C[C@H]2C#N)cc(C)n1. The molecule has 11 nitrogen and oxygen atoms in total. The first-order chi connectivity index (χ1) is 23.2. The Balaban J connectivity index is 1.19. The second kappa shape index (κ2) is 13.5. The summed E-state index contributed by atoms with van der Waals surface area (Å²) in [5.74, 6) is -1.50. The first-order valence-electron chi connectivity index (χ1n) is 16.3. The molecule has 260 valence electrons. The Hall–Kier alpha value is -3.76. The maximum atomic E-state index is 14.3. The number of nitriles is 1. The molecule has 2 saturated heterocycles. The largest absolute Gasteiger partial charge is 0.481 e. The number of ether oxygens (including phenoxy) is 1. The van der Waals surface area contributed by atoms with Crippen molar-refractivity contribution in [1.82, 2.24) is 15.2 Å². The van der Waals surface area contributed by atoms with Crippen LogP contribution in [0.25, 0.3) is 10.1 Å². The number of nitrogens with one attached hydrogen (secondary N) is 1. The summed E-state index contributed by atoms with van der Waals surface area (Å²) in [6.07, 6.45) is 4.65. The van der Waals surface area contributed by atoms with Crippen molar-refractivity contribution in [3.8, 4) is 11.9 Å². The number of hydrogen-bond donors (Lipinski definition) is 3. The van der Waals surface area contributed by atoms with E-state index < -0.39 is 42.7 Å². The summed E-state index contributed by atoms with van der Waals surface area (Å²) in [6, 6.07) is 8.90. The molecule has 4 heterocycles.